The zero-order valence-corrected chi connectivity index (χ0v) is 12.3. The maximum atomic E-state index is 12.2. The molecule has 1 aliphatic rings. The number of benzene rings is 1. The fourth-order valence-corrected chi connectivity index (χ4v) is 2.80. The van der Waals surface area contributed by atoms with Gasteiger partial charge in [-0.15, -0.1) is 0 Å². The summed E-state index contributed by atoms with van der Waals surface area (Å²) in [6, 6.07) is 14.3. The lowest BCUT2D eigenvalue weighted by Gasteiger charge is -2.31. The van der Waals surface area contributed by atoms with E-state index in [9.17, 15) is 4.79 Å². The number of likely N-dealkylation sites (tertiary alicyclic amines) is 1. The van der Waals surface area contributed by atoms with Crippen molar-refractivity contribution in [2.24, 2.45) is 0 Å². The summed E-state index contributed by atoms with van der Waals surface area (Å²) in [5.41, 5.74) is 4.15. The minimum absolute atomic E-state index is 0.189. The highest BCUT2D eigenvalue weighted by Gasteiger charge is 2.20. The number of hydrogen-bond donors (Lipinski definition) is 0. The molecule has 4 rings (SSSR count). The van der Waals surface area contributed by atoms with Crippen LogP contribution >= 0.6 is 0 Å². The molecule has 0 radical (unpaired) electrons. The van der Waals surface area contributed by atoms with Crippen LogP contribution in [0.2, 0.25) is 0 Å². The van der Waals surface area contributed by atoms with Crippen LogP contribution in [0.25, 0.3) is 22.2 Å². The van der Waals surface area contributed by atoms with Gasteiger partial charge in [-0.2, -0.15) is 0 Å². The van der Waals surface area contributed by atoms with E-state index in [1.54, 1.807) is 0 Å². The molecule has 4 nitrogen and oxygen atoms in total. The van der Waals surface area contributed by atoms with Crippen LogP contribution in [0.1, 0.15) is 6.42 Å². The Bertz CT molecular complexity index is 819. The number of fused-ring (bicyclic) bond motifs is 1. The smallest absolute Gasteiger partial charge is 0.242 e. The van der Waals surface area contributed by atoms with Crippen LogP contribution in [-0.2, 0) is 11.3 Å². The molecule has 0 atom stereocenters. The van der Waals surface area contributed by atoms with Crippen molar-refractivity contribution in [2.75, 3.05) is 13.1 Å². The quantitative estimate of drug-likeness (QED) is 0.744. The summed E-state index contributed by atoms with van der Waals surface area (Å²) in [5.74, 6) is 0.189. The normalized spacial score (nSPS) is 14.1. The van der Waals surface area contributed by atoms with Crippen molar-refractivity contribution in [2.45, 2.75) is 13.0 Å². The highest BCUT2D eigenvalue weighted by molar-refractivity contribution is 5.84. The Labute approximate surface area is 129 Å². The lowest BCUT2D eigenvalue weighted by atomic mass is 10.1. The van der Waals surface area contributed by atoms with E-state index in [2.05, 4.69) is 23.2 Å². The number of carbonyl (C=O) groups is 1. The standard InChI is InChI=1S/C18H17N3O/c22-18(20-8-4-9-20)13-21-10-7-16-17(21)11-15(12-19-16)14-5-2-1-3-6-14/h1-3,5-7,10-12H,4,8-9,13H2. The van der Waals surface area contributed by atoms with E-state index in [4.69, 9.17) is 0 Å². The first-order valence-electron chi connectivity index (χ1n) is 7.59. The molecule has 1 amide bonds. The van der Waals surface area contributed by atoms with E-state index >= 15 is 0 Å². The SMILES string of the molecule is O=C(Cn1ccc2ncc(-c3ccccc3)cc21)N1CCC1. The highest BCUT2D eigenvalue weighted by atomic mass is 16.2. The molecule has 0 unspecified atom stereocenters. The van der Waals surface area contributed by atoms with Crippen LogP contribution < -0.4 is 0 Å². The van der Waals surface area contributed by atoms with Crippen molar-refractivity contribution in [3.63, 3.8) is 0 Å². The summed E-state index contributed by atoms with van der Waals surface area (Å²) in [7, 11) is 0. The van der Waals surface area contributed by atoms with Crippen molar-refractivity contribution < 1.29 is 4.79 Å². The van der Waals surface area contributed by atoms with E-state index in [1.165, 1.54) is 0 Å². The van der Waals surface area contributed by atoms with Gasteiger partial charge in [-0.1, -0.05) is 30.3 Å². The second-order valence-electron chi connectivity index (χ2n) is 5.67. The molecule has 0 saturated carbocycles. The molecule has 3 aromatic rings. The summed E-state index contributed by atoms with van der Waals surface area (Å²) in [6.45, 7) is 2.18. The molecule has 110 valence electrons. The molecule has 1 fully saturated rings. The Morgan fingerprint density at radius 2 is 1.91 bits per heavy atom. The Balaban J connectivity index is 1.69. The van der Waals surface area contributed by atoms with Gasteiger partial charge < -0.3 is 9.47 Å². The van der Waals surface area contributed by atoms with Gasteiger partial charge in [-0.3, -0.25) is 9.78 Å². The second kappa shape index (κ2) is 5.30. The molecule has 3 heterocycles. The van der Waals surface area contributed by atoms with Crippen LogP contribution in [0.3, 0.4) is 0 Å². The van der Waals surface area contributed by atoms with Gasteiger partial charge in [-0.25, -0.2) is 0 Å². The number of rotatable bonds is 3. The second-order valence-corrected chi connectivity index (χ2v) is 5.67. The monoisotopic (exact) mass is 291 g/mol. The Morgan fingerprint density at radius 1 is 1.09 bits per heavy atom. The molecule has 0 spiro atoms. The Morgan fingerprint density at radius 3 is 2.64 bits per heavy atom. The number of carbonyl (C=O) groups excluding carboxylic acids is 1. The third kappa shape index (κ3) is 2.26. The lowest BCUT2D eigenvalue weighted by molar-refractivity contribution is -0.135. The van der Waals surface area contributed by atoms with E-state index < -0.39 is 0 Å². The molecule has 1 aliphatic heterocycles. The van der Waals surface area contributed by atoms with E-state index in [1.807, 2.05) is 46.1 Å². The molecule has 1 saturated heterocycles. The maximum Gasteiger partial charge on any atom is 0.242 e. The van der Waals surface area contributed by atoms with Crippen molar-refractivity contribution in [1.29, 1.82) is 0 Å². The molecule has 4 heteroatoms. The van der Waals surface area contributed by atoms with Gasteiger partial charge in [0.25, 0.3) is 0 Å². The van der Waals surface area contributed by atoms with Crippen molar-refractivity contribution in [3.05, 3.63) is 54.9 Å². The number of pyridine rings is 1. The lowest BCUT2D eigenvalue weighted by Crippen LogP contribution is -2.43. The zero-order valence-electron chi connectivity index (χ0n) is 12.3. The van der Waals surface area contributed by atoms with Crippen LogP contribution in [0.15, 0.2) is 54.9 Å². The van der Waals surface area contributed by atoms with Crippen LogP contribution in [0.4, 0.5) is 0 Å². The predicted molar refractivity (Wildman–Crippen MR) is 86.4 cm³/mol. The van der Waals surface area contributed by atoms with Crippen LogP contribution in [-0.4, -0.2) is 33.4 Å². The molecular weight excluding hydrogens is 274 g/mol. The molecular formula is C18H17N3O. The fraction of sp³-hybridized carbons (Fsp3) is 0.222. The maximum absolute atomic E-state index is 12.2. The molecule has 22 heavy (non-hydrogen) atoms. The summed E-state index contributed by atoms with van der Waals surface area (Å²) in [6.07, 6.45) is 4.96. The van der Waals surface area contributed by atoms with E-state index in [0.29, 0.717) is 6.54 Å². The first-order valence-corrected chi connectivity index (χ1v) is 7.59. The first kappa shape index (κ1) is 13.1. The first-order chi connectivity index (χ1) is 10.8. The van der Waals surface area contributed by atoms with Gasteiger partial charge >= 0.3 is 0 Å². The largest absolute Gasteiger partial charge is 0.341 e. The Hall–Kier alpha value is -2.62. The van der Waals surface area contributed by atoms with Gasteiger partial charge in [0.15, 0.2) is 0 Å². The number of aromatic nitrogens is 2. The van der Waals surface area contributed by atoms with Crippen molar-refractivity contribution >= 4 is 16.9 Å². The third-order valence-corrected chi connectivity index (χ3v) is 4.24. The highest BCUT2D eigenvalue weighted by Crippen LogP contribution is 2.23. The average Bonchev–Trinajstić information content (AvgIpc) is 2.89. The minimum atomic E-state index is 0.189. The fourth-order valence-electron chi connectivity index (χ4n) is 2.80. The number of nitrogens with zero attached hydrogens (tertiary/aromatic N) is 3. The summed E-state index contributed by atoms with van der Waals surface area (Å²) in [4.78, 5) is 18.6. The average molecular weight is 291 g/mol. The molecule has 2 aromatic heterocycles. The van der Waals surface area contributed by atoms with Gasteiger partial charge in [0.1, 0.15) is 6.54 Å². The minimum Gasteiger partial charge on any atom is -0.341 e. The third-order valence-electron chi connectivity index (χ3n) is 4.24. The topological polar surface area (TPSA) is 38.1 Å². The van der Waals surface area contributed by atoms with Crippen molar-refractivity contribution in [3.8, 4) is 11.1 Å². The van der Waals surface area contributed by atoms with Gasteiger partial charge in [0.05, 0.1) is 11.0 Å². The summed E-state index contributed by atoms with van der Waals surface area (Å²) in [5, 5.41) is 0. The van der Waals surface area contributed by atoms with Gasteiger partial charge in [0.2, 0.25) is 5.91 Å². The summed E-state index contributed by atoms with van der Waals surface area (Å²) < 4.78 is 2.00. The van der Waals surface area contributed by atoms with E-state index in [0.717, 1.165) is 41.7 Å². The van der Waals surface area contributed by atoms with Crippen molar-refractivity contribution in [1.82, 2.24) is 14.5 Å². The van der Waals surface area contributed by atoms with E-state index in [-0.39, 0.29) is 5.91 Å². The van der Waals surface area contributed by atoms with Gasteiger partial charge in [-0.05, 0) is 24.1 Å². The molecule has 1 aromatic carbocycles. The number of amides is 1. The zero-order chi connectivity index (χ0) is 14.9. The van der Waals surface area contributed by atoms with Gasteiger partial charge in [0, 0.05) is 31.0 Å². The predicted octanol–water partition coefficient (Wildman–Crippen LogP) is 2.94. The molecule has 0 aliphatic carbocycles. The molecule has 0 bridgehead atoms. The molecule has 0 N–H and O–H groups in total. The van der Waals surface area contributed by atoms with Crippen LogP contribution in [0.5, 0.6) is 0 Å². The van der Waals surface area contributed by atoms with Crippen LogP contribution in [0, 0.1) is 0 Å². The number of hydrogen-bond acceptors (Lipinski definition) is 2. The Kier molecular flexibility index (Phi) is 3.15. The summed E-state index contributed by atoms with van der Waals surface area (Å²) >= 11 is 0.